The highest BCUT2D eigenvalue weighted by Gasteiger charge is 2.15. The van der Waals surface area contributed by atoms with Gasteiger partial charge in [0, 0.05) is 17.3 Å². The predicted octanol–water partition coefficient (Wildman–Crippen LogP) is 2.80. The number of amides is 1. The molecule has 0 atom stereocenters. The Morgan fingerprint density at radius 2 is 1.96 bits per heavy atom. The molecule has 0 aliphatic rings. The van der Waals surface area contributed by atoms with E-state index in [1.165, 1.54) is 24.3 Å². The fourth-order valence-corrected chi connectivity index (χ4v) is 1.95. The lowest BCUT2D eigenvalue weighted by Gasteiger charge is -2.10. The zero-order chi connectivity index (χ0) is 18.1. The number of benzene rings is 1. The number of unbranched alkanes of at least 4 members (excludes halogenated alkanes) is 2. The van der Waals surface area contributed by atoms with Gasteiger partial charge in [0.25, 0.3) is 5.91 Å². The van der Waals surface area contributed by atoms with Gasteiger partial charge in [-0.25, -0.2) is 4.79 Å². The molecule has 6 heteroatoms. The molecule has 0 aliphatic heterocycles. The number of phenolic OH excluding ortho intramolecular Hbond substituents is 1. The van der Waals surface area contributed by atoms with E-state index in [4.69, 9.17) is 5.11 Å². The average molecular weight is 331 g/mol. The first kappa shape index (κ1) is 19.2. The fraction of sp³-hybridized carbons (Fsp3) is 0.278. The minimum absolute atomic E-state index is 0.0468. The highest BCUT2D eigenvalue weighted by Crippen LogP contribution is 2.13. The number of allylic oxidation sites excluding steroid dienone is 2. The summed E-state index contributed by atoms with van der Waals surface area (Å²) >= 11 is 0. The summed E-state index contributed by atoms with van der Waals surface area (Å²) in [6.45, 7) is 5.23. The van der Waals surface area contributed by atoms with Crippen molar-refractivity contribution in [3.63, 3.8) is 0 Å². The van der Waals surface area contributed by atoms with Crippen LogP contribution in [0, 0.1) is 0 Å². The van der Waals surface area contributed by atoms with Crippen molar-refractivity contribution in [2.45, 2.75) is 32.6 Å². The highest BCUT2D eigenvalue weighted by molar-refractivity contribution is 6.20. The molecule has 0 aliphatic carbocycles. The molecular formula is C18H21NO5. The van der Waals surface area contributed by atoms with E-state index in [2.05, 4.69) is 11.9 Å². The SMILES string of the molecule is C=C(C(=O)O)C(=O)/C=C(\CCCCC)NC(=O)c1cccc(O)c1. The number of nitrogens with one attached hydrogen (secondary N) is 1. The molecule has 1 aromatic carbocycles. The molecule has 0 aromatic heterocycles. The lowest BCUT2D eigenvalue weighted by Crippen LogP contribution is -2.24. The second-order valence-electron chi connectivity index (χ2n) is 5.28. The molecule has 24 heavy (non-hydrogen) atoms. The molecule has 1 aromatic rings. The Hall–Kier alpha value is -2.89. The fourth-order valence-electron chi connectivity index (χ4n) is 1.95. The highest BCUT2D eigenvalue weighted by atomic mass is 16.4. The van der Waals surface area contributed by atoms with Gasteiger partial charge in [0.2, 0.25) is 0 Å². The van der Waals surface area contributed by atoms with Crippen LogP contribution in [-0.4, -0.2) is 27.9 Å². The van der Waals surface area contributed by atoms with E-state index in [0.717, 1.165) is 25.3 Å². The monoisotopic (exact) mass is 331 g/mol. The Balaban J connectivity index is 2.92. The number of phenols is 1. The third-order valence-corrected chi connectivity index (χ3v) is 3.29. The molecule has 0 radical (unpaired) electrons. The molecule has 0 spiro atoms. The van der Waals surface area contributed by atoms with Crippen molar-refractivity contribution in [2.75, 3.05) is 0 Å². The Labute approximate surface area is 140 Å². The maximum atomic E-state index is 12.2. The van der Waals surface area contributed by atoms with Gasteiger partial charge in [-0.05, 0) is 31.0 Å². The van der Waals surface area contributed by atoms with Crippen LogP contribution < -0.4 is 5.32 Å². The number of ketones is 1. The number of carbonyl (C=O) groups is 3. The quantitative estimate of drug-likeness (QED) is 0.279. The molecule has 0 heterocycles. The average Bonchev–Trinajstić information content (AvgIpc) is 2.53. The van der Waals surface area contributed by atoms with E-state index >= 15 is 0 Å². The molecular weight excluding hydrogens is 310 g/mol. The van der Waals surface area contributed by atoms with Crippen LogP contribution >= 0.6 is 0 Å². The molecule has 0 saturated carbocycles. The van der Waals surface area contributed by atoms with Gasteiger partial charge in [-0.15, -0.1) is 0 Å². The van der Waals surface area contributed by atoms with Gasteiger partial charge in [-0.3, -0.25) is 9.59 Å². The van der Waals surface area contributed by atoms with Crippen LogP contribution in [-0.2, 0) is 9.59 Å². The van der Waals surface area contributed by atoms with Gasteiger partial charge < -0.3 is 15.5 Å². The summed E-state index contributed by atoms with van der Waals surface area (Å²) in [4.78, 5) is 34.9. The number of carboxylic acids is 1. The lowest BCUT2D eigenvalue weighted by atomic mass is 10.1. The van der Waals surface area contributed by atoms with E-state index in [0.29, 0.717) is 12.1 Å². The number of aromatic hydroxyl groups is 1. The zero-order valence-corrected chi connectivity index (χ0v) is 13.5. The van der Waals surface area contributed by atoms with Crippen LogP contribution in [0.15, 0.2) is 48.2 Å². The van der Waals surface area contributed by atoms with Crippen molar-refractivity contribution in [1.82, 2.24) is 5.32 Å². The van der Waals surface area contributed by atoms with Crippen LogP contribution in [0.4, 0.5) is 0 Å². The standard InChI is InChI=1S/C18H21NO5/c1-3-4-5-8-14(11-16(21)12(2)18(23)24)19-17(22)13-7-6-9-15(20)10-13/h6-7,9-11,20H,2-5,8H2,1H3,(H,19,22)(H,23,24)/b14-11+. The minimum Gasteiger partial charge on any atom is -0.508 e. The normalized spacial score (nSPS) is 11.0. The Kier molecular flexibility index (Phi) is 7.42. The maximum absolute atomic E-state index is 12.2. The first-order chi connectivity index (χ1) is 11.3. The maximum Gasteiger partial charge on any atom is 0.339 e. The molecule has 128 valence electrons. The molecule has 3 N–H and O–H groups in total. The van der Waals surface area contributed by atoms with Gasteiger partial charge >= 0.3 is 5.97 Å². The van der Waals surface area contributed by atoms with Crippen molar-refractivity contribution < 1.29 is 24.6 Å². The van der Waals surface area contributed by atoms with Crippen molar-refractivity contribution >= 4 is 17.7 Å². The largest absolute Gasteiger partial charge is 0.508 e. The summed E-state index contributed by atoms with van der Waals surface area (Å²) in [5.74, 6) is -2.69. The number of carboxylic acid groups (broad SMARTS) is 1. The van der Waals surface area contributed by atoms with Crippen molar-refractivity contribution in [3.8, 4) is 5.75 Å². The van der Waals surface area contributed by atoms with E-state index < -0.39 is 23.2 Å². The van der Waals surface area contributed by atoms with Gasteiger partial charge in [0.15, 0.2) is 5.78 Å². The topological polar surface area (TPSA) is 104 Å². The summed E-state index contributed by atoms with van der Waals surface area (Å²) in [7, 11) is 0. The van der Waals surface area contributed by atoms with E-state index in [9.17, 15) is 19.5 Å². The second kappa shape index (κ2) is 9.29. The van der Waals surface area contributed by atoms with Gasteiger partial charge in [-0.1, -0.05) is 32.4 Å². The summed E-state index contributed by atoms with van der Waals surface area (Å²) in [5, 5.41) is 20.8. The lowest BCUT2D eigenvalue weighted by molar-refractivity contribution is -0.134. The first-order valence-corrected chi connectivity index (χ1v) is 7.62. The number of aliphatic carboxylic acids is 1. The summed E-state index contributed by atoms with van der Waals surface area (Å²) in [6.07, 6.45) is 4.14. The Bertz CT molecular complexity index is 676. The molecule has 1 amide bonds. The van der Waals surface area contributed by atoms with E-state index in [1.807, 2.05) is 6.92 Å². The summed E-state index contributed by atoms with van der Waals surface area (Å²) < 4.78 is 0. The number of hydrogen-bond acceptors (Lipinski definition) is 4. The summed E-state index contributed by atoms with van der Waals surface area (Å²) in [6, 6.07) is 5.80. The number of rotatable bonds is 9. The smallest absolute Gasteiger partial charge is 0.339 e. The third-order valence-electron chi connectivity index (χ3n) is 3.29. The third kappa shape index (κ3) is 6.08. The van der Waals surface area contributed by atoms with Crippen molar-refractivity contribution in [3.05, 3.63) is 53.8 Å². The number of hydrogen-bond donors (Lipinski definition) is 3. The molecule has 0 unspecified atom stereocenters. The Morgan fingerprint density at radius 3 is 2.54 bits per heavy atom. The van der Waals surface area contributed by atoms with Crippen LogP contribution in [0.25, 0.3) is 0 Å². The van der Waals surface area contributed by atoms with Crippen molar-refractivity contribution in [2.24, 2.45) is 0 Å². The first-order valence-electron chi connectivity index (χ1n) is 7.62. The predicted molar refractivity (Wildman–Crippen MR) is 89.6 cm³/mol. The Morgan fingerprint density at radius 1 is 1.25 bits per heavy atom. The molecule has 0 fully saturated rings. The molecule has 0 bridgehead atoms. The molecule has 1 rings (SSSR count). The van der Waals surface area contributed by atoms with Gasteiger partial charge in [-0.2, -0.15) is 0 Å². The van der Waals surface area contributed by atoms with Crippen LogP contribution in [0.1, 0.15) is 43.0 Å². The van der Waals surface area contributed by atoms with Crippen LogP contribution in [0.5, 0.6) is 5.75 Å². The second-order valence-corrected chi connectivity index (χ2v) is 5.28. The van der Waals surface area contributed by atoms with Crippen LogP contribution in [0.2, 0.25) is 0 Å². The van der Waals surface area contributed by atoms with Gasteiger partial charge in [0.1, 0.15) is 5.75 Å². The zero-order valence-electron chi connectivity index (χ0n) is 13.5. The van der Waals surface area contributed by atoms with Crippen LogP contribution in [0.3, 0.4) is 0 Å². The minimum atomic E-state index is -1.40. The van der Waals surface area contributed by atoms with E-state index in [1.54, 1.807) is 0 Å². The van der Waals surface area contributed by atoms with Gasteiger partial charge in [0.05, 0.1) is 5.57 Å². The summed E-state index contributed by atoms with van der Waals surface area (Å²) in [5.41, 5.74) is -0.000287. The number of carbonyl (C=O) groups excluding carboxylic acids is 2. The van der Waals surface area contributed by atoms with Crippen molar-refractivity contribution in [1.29, 1.82) is 0 Å². The molecule has 0 saturated heterocycles. The van der Waals surface area contributed by atoms with E-state index in [-0.39, 0.29) is 11.3 Å². The molecule has 6 nitrogen and oxygen atoms in total.